The monoisotopic (exact) mass is 214 g/mol. The van der Waals surface area contributed by atoms with Crippen molar-refractivity contribution in [1.82, 2.24) is 0 Å². The first-order valence-corrected chi connectivity index (χ1v) is 4.96. The molecule has 0 spiro atoms. The Bertz CT molecular complexity index is 259. The molecule has 1 atom stereocenters. The number of alkyl halides is 1. The van der Waals surface area contributed by atoms with Crippen molar-refractivity contribution in [1.29, 1.82) is 0 Å². The lowest BCUT2D eigenvalue weighted by atomic mass is 10.1. The van der Waals surface area contributed by atoms with Gasteiger partial charge in [0.05, 0.1) is 7.11 Å². The van der Waals surface area contributed by atoms with Gasteiger partial charge in [-0.25, -0.2) is 0 Å². The molecule has 0 aliphatic heterocycles. The van der Waals surface area contributed by atoms with Crippen molar-refractivity contribution in [2.45, 2.75) is 19.2 Å². The largest absolute Gasteiger partial charge is 0.468 e. The maximum atomic E-state index is 11.0. The van der Waals surface area contributed by atoms with Crippen LogP contribution in [0.25, 0.3) is 0 Å². The van der Waals surface area contributed by atoms with Crippen LogP contribution in [-0.4, -0.2) is 13.1 Å². The number of carbonyl (C=O) groups is 1. The summed E-state index contributed by atoms with van der Waals surface area (Å²) < 4.78 is 4.50. The Morgan fingerprint density at radius 2 is 1.79 bits per heavy atom. The van der Waals surface area contributed by atoms with Crippen LogP contribution >= 0.6 is 11.6 Å². The molecule has 2 nitrogen and oxygen atoms in total. The van der Waals surface area contributed by atoms with Crippen LogP contribution in [0.1, 0.15) is 24.8 Å². The average molecular weight is 215 g/mol. The van der Waals surface area contributed by atoms with Crippen LogP contribution in [0.3, 0.4) is 0 Å². The van der Waals surface area contributed by atoms with Gasteiger partial charge in [-0.2, -0.15) is 0 Å². The average Bonchev–Trinajstić information content (AvgIpc) is 2.31. The molecule has 1 aromatic rings. The van der Waals surface area contributed by atoms with Gasteiger partial charge in [0.2, 0.25) is 0 Å². The summed E-state index contributed by atoms with van der Waals surface area (Å²) >= 11 is 5.78. The van der Waals surface area contributed by atoms with Gasteiger partial charge in [0.1, 0.15) is 0 Å². The third-order valence-electron chi connectivity index (χ3n) is 1.50. The van der Waals surface area contributed by atoms with E-state index in [1.165, 1.54) is 7.11 Å². The second kappa shape index (κ2) is 7.39. The maximum absolute atomic E-state index is 11.0. The SMILES string of the molecule is CC.COC(=O)C(Cl)c1ccccc1. The first-order valence-electron chi connectivity index (χ1n) is 4.52. The van der Waals surface area contributed by atoms with E-state index in [1.54, 1.807) is 12.1 Å². The summed E-state index contributed by atoms with van der Waals surface area (Å²) in [4.78, 5) is 11.0. The van der Waals surface area contributed by atoms with Crippen LogP contribution < -0.4 is 0 Å². The lowest BCUT2D eigenvalue weighted by Gasteiger charge is -2.05. The van der Waals surface area contributed by atoms with E-state index in [1.807, 2.05) is 32.0 Å². The zero-order valence-electron chi connectivity index (χ0n) is 8.66. The Hall–Kier alpha value is -1.02. The first-order chi connectivity index (χ1) is 6.75. The molecule has 0 aromatic heterocycles. The molecule has 0 fully saturated rings. The molecule has 0 radical (unpaired) electrons. The van der Waals surface area contributed by atoms with E-state index in [4.69, 9.17) is 11.6 Å². The molecule has 0 heterocycles. The Balaban J connectivity index is 0.000000791. The Kier molecular flexibility index (Phi) is 6.85. The minimum absolute atomic E-state index is 0.428. The van der Waals surface area contributed by atoms with E-state index in [2.05, 4.69) is 4.74 Å². The molecule has 0 bridgehead atoms. The van der Waals surface area contributed by atoms with E-state index in [0.717, 1.165) is 5.56 Å². The predicted molar refractivity (Wildman–Crippen MR) is 58.4 cm³/mol. The number of halogens is 1. The molecule has 78 valence electrons. The minimum Gasteiger partial charge on any atom is -0.468 e. The lowest BCUT2D eigenvalue weighted by molar-refractivity contribution is -0.140. The van der Waals surface area contributed by atoms with Crippen LogP contribution in [0, 0.1) is 0 Å². The van der Waals surface area contributed by atoms with E-state index in [0.29, 0.717) is 0 Å². The van der Waals surface area contributed by atoms with E-state index in [-0.39, 0.29) is 0 Å². The topological polar surface area (TPSA) is 26.3 Å². The van der Waals surface area contributed by atoms with Gasteiger partial charge in [-0.3, -0.25) is 4.79 Å². The molecule has 0 N–H and O–H groups in total. The highest BCUT2D eigenvalue weighted by molar-refractivity contribution is 6.29. The second-order valence-electron chi connectivity index (χ2n) is 2.30. The fourth-order valence-electron chi connectivity index (χ4n) is 0.862. The highest BCUT2D eigenvalue weighted by Gasteiger charge is 2.16. The summed E-state index contributed by atoms with van der Waals surface area (Å²) in [5, 5.41) is -0.698. The lowest BCUT2D eigenvalue weighted by Crippen LogP contribution is -2.08. The quantitative estimate of drug-likeness (QED) is 0.559. The van der Waals surface area contributed by atoms with Gasteiger partial charge in [-0.15, -0.1) is 11.6 Å². The zero-order chi connectivity index (χ0) is 11.0. The molecular formula is C11H15ClO2. The molecule has 1 aromatic carbocycles. The molecule has 0 amide bonds. The van der Waals surface area contributed by atoms with Crippen LogP contribution in [0.2, 0.25) is 0 Å². The van der Waals surface area contributed by atoms with Crippen molar-refractivity contribution >= 4 is 17.6 Å². The number of hydrogen-bond acceptors (Lipinski definition) is 2. The summed E-state index contributed by atoms with van der Waals surface area (Å²) in [6.07, 6.45) is 0. The molecule has 14 heavy (non-hydrogen) atoms. The molecule has 0 aliphatic carbocycles. The Morgan fingerprint density at radius 1 is 1.29 bits per heavy atom. The third-order valence-corrected chi connectivity index (χ3v) is 1.93. The first kappa shape index (κ1) is 13.0. The number of methoxy groups -OCH3 is 1. The number of ether oxygens (including phenoxy) is 1. The maximum Gasteiger partial charge on any atom is 0.328 e. The molecule has 1 unspecified atom stereocenters. The van der Waals surface area contributed by atoms with Gasteiger partial charge in [-0.05, 0) is 5.56 Å². The standard InChI is InChI=1S/C9H9ClO2.C2H6/c1-12-9(11)8(10)7-5-3-2-4-6-7;1-2/h2-6,8H,1H3;1-2H3. The zero-order valence-corrected chi connectivity index (χ0v) is 9.41. The smallest absolute Gasteiger partial charge is 0.328 e. The fourth-order valence-corrected chi connectivity index (χ4v) is 1.10. The summed E-state index contributed by atoms with van der Waals surface area (Å²) in [7, 11) is 1.32. The molecule has 0 saturated carbocycles. The second-order valence-corrected chi connectivity index (χ2v) is 2.73. The van der Waals surface area contributed by atoms with E-state index >= 15 is 0 Å². The highest BCUT2D eigenvalue weighted by atomic mass is 35.5. The van der Waals surface area contributed by atoms with Gasteiger partial charge < -0.3 is 4.74 Å². The summed E-state index contributed by atoms with van der Waals surface area (Å²) in [5.74, 6) is -0.428. The number of carbonyl (C=O) groups excluding carboxylic acids is 1. The Morgan fingerprint density at radius 3 is 2.21 bits per heavy atom. The van der Waals surface area contributed by atoms with Gasteiger partial charge in [0.25, 0.3) is 0 Å². The fraction of sp³-hybridized carbons (Fsp3) is 0.364. The van der Waals surface area contributed by atoms with Gasteiger partial charge in [-0.1, -0.05) is 44.2 Å². The minimum atomic E-state index is -0.698. The summed E-state index contributed by atoms with van der Waals surface area (Å²) in [6, 6.07) is 9.09. The highest BCUT2D eigenvalue weighted by Crippen LogP contribution is 2.20. The molecule has 1 rings (SSSR count). The number of esters is 1. The van der Waals surface area contributed by atoms with Gasteiger partial charge >= 0.3 is 5.97 Å². The van der Waals surface area contributed by atoms with Crippen molar-refractivity contribution in [2.75, 3.05) is 7.11 Å². The normalized spacial score (nSPS) is 10.9. The number of rotatable bonds is 2. The summed E-state index contributed by atoms with van der Waals surface area (Å²) in [5.41, 5.74) is 0.756. The van der Waals surface area contributed by atoms with Crippen molar-refractivity contribution < 1.29 is 9.53 Å². The van der Waals surface area contributed by atoms with Crippen LogP contribution in [0.4, 0.5) is 0 Å². The van der Waals surface area contributed by atoms with Gasteiger partial charge in [0.15, 0.2) is 5.38 Å². The molecular weight excluding hydrogens is 200 g/mol. The van der Waals surface area contributed by atoms with Crippen LogP contribution in [-0.2, 0) is 9.53 Å². The molecule has 0 aliphatic rings. The van der Waals surface area contributed by atoms with E-state index in [9.17, 15) is 4.79 Å². The molecule has 3 heteroatoms. The van der Waals surface area contributed by atoms with Gasteiger partial charge in [0, 0.05) is 0 Å². The van der Waals surface area contributed by atoms with E-state index < -0.39 is 11.3 Å². The van der Waals surface area contributed by atoms with Crippen molar-refractivity contribution in [3.63, 3.8) is 0 Å². The number of benzene rings is 1. The summed E-state index contributed by atoms with van der Waals surface area (Å²) in [6.45, 7) is 4.00. The van der Waals surface area contributed by atoms with Crippen molar-refractivity contribution in [3.8, 4) is 0 Å². The van der Waals surface area contributed by atoms with Crippen molar-refractivity contribution in [2.24, 2.45) is 0 Å². The predicted octanol–water partition coefficient (Wildman–Crippen LogP) is 3.17. The Labute approximate surface area is 89.8 Å². The van der Waals surface area contributed by atoms with Crippen molar-refractivity contribution in [3.05, 3.63) is 35.9 Å². The third kappa shape index (κ3) is 3.79. The van der Waals surface area contributed by atoms with Crippen LogP contribution in [0.15, 0.2) is 30.3 Å². The number of hydrogen-bond donors (Lipinski definition) is 0. The molecule has 0 saturated heterocycles. The van der Waals surface area contributed by atoms with Crippen LogP contribution in [0.5, 0.6) is 0 Å².